The number of hydrogen-bond acceptors (Lipinski definition) is 3. The largest absolute Gasteiger partial charge is 0.309 e. The molecule has 0 radical (unpaired) electrons. The van der Waals surface area contributed by atoms with Crippen molar-refractivity contribution in [1.29, 1.82) is 0 Å². The van der Waals surface area contributed by atoms with E-state index in [0.717, 1.165) is 30.8 Å². The summed E-state index contributed by atoms with van der Waals surface area (Å²) in [6, 6.07) is 12.0. The summed E-state index contributed by atoms with van der Waals surface area (Å²) >= 11 is 0. The van der Waals surface area contributed by atoms with Crippen LogP contribution in [-0.4, -0.2) is 43.0 Å². The molecule has 0 fully saturated rings. The predicted octanol–water partition coefficient (Wildman–Crippen LogP) is 2.86. The third-order valence-electron chi connectivity index (χ3n) is 4.22. The highest BCUT2D eigenvalue weighted by Gasteiger charge is 2.27. The van der Waals surface area contributed by atoms with Gasteiger partial charge >= 0.3 is 0 Å². The molecular weight excluding hydrogens is 298 g/mol. The molecule has 1 amide bonds. The highest BCUT2D eigenvalue weighted by atomic mass is 16.2. The minimum atomic E-state index is 0.0229. The monoisotopic (exact) mass is 321 g/mol. The minimum absolute atomic E-state index is 0.0229. The van der Waals surface area contributed by atoms with Crippen molar-refractivity contribution >= 4 is 17.7 Å². The number of nitrogens with zero attached hydrogens (tertiary/aromatic N) is 3. The molecule has 1 unspecified atom stereocenters. The molecule has 4 nitrogen and oxygen atoms in total. The van der Waals surface area contributed by atoms with E-state index >= 15 is 0 Å². The fourth-order valence-electron chi connectivity index (χ4n) is 3.26. The van der Waals surface area contributed by atoms with Gasteiger partial charge in [0, 0.05) is 37.2 Å². The standard InChI is InChI=1S/C20H23N3O/c1-22(2)14-17-12-18-7-3-4-8-19(18)23(15-17)20(24)10-9-16-6-5-11-21-13-16/h3-11,13,17H,12,14-15H2,1-2H3. The Hall–Kier alpha value is -2.46. The zero-order valence-electron chi connectivity index (χ0n) is 14.2. The second kappa shape index (κ2) is 7.41. The van der Waals surface area contributed by atoms with Gasteiger partial charge < -0.3 is 9.80 Å². The third kappa shape index (κ3) is 3.89. The zero-order valence-corrected chi connectivity index (χ0v) is 14.2. The maximum absolute atomic E-state index is 12.8. The first-order valence-electron chi connectivity index (χ1n) is 8.25. The lowest BCUT2D eigenvalue weighted by atomic mass is 9.92. The van der Waals surface area contributed by atoms with Gasteiger partial charge in [-0.25, -0.2) is 0 Å². The Morgan fingerprint density at radius 3 is 2.88 bits per heavy atom. The van der Waals surface area contributed by atoms with Gasteiger partial charge in [0.05, 0.1) is 0 Å². The molecule has 124 valence electrons. The van der Waals surface area contributed by atoms with E-state index in [9.17, 15) is 4.79 Å². The van der Waals surface area contributed by atoms with Gasteiger partial charge in [0.15, 0.2) is 0 Å². The van der Waals surface area contributed by atoms with Gasteiger partial charge in [-0.05, 0) is 55.8 Å². The Balaban J connectivity index is 1.82. The Kier molecular flexibility index (Phi) is 5.06. The van der Waals surface area contributed by atoms with Crippen molar-refractivity contribution in [3.8, 4) is 0 Å². The van der Waals surface area contributed by atoms with E-state index < -0.39 is 0 Å². The summed E-state index contributed by atoms with van der Waals surface area (Å²) in [6.07, 6.45) is 7.97. The smallest absolute Gasteiger partial charge is 0.251 e. The van der Waals surface area contributed by atoms with Crippen molar-refractivity contribution in [2.24, 2.45) is 5.92 Å². The number of pyridine rings is 1. The van der Waals surface area contributed by atoms with Crippen LogP contribution >= 0.6 is 0 Å². The summed E-state index contributed by atoms with van der Waals surface area (Å²) in [6.45, 7) is 1.73. The van der Waals surface area contributed by atoms with Crippen molar-refractivity contribution < 1.29 is 4.79 Å². The summed E-state index contributed by atoms with van der Waals surface area (Å²) in [7, 11) is 4.16. The van der Waals surface area contributed by atoms with Crippen LogP contribution in [0.1, 0.15) is 11.1 Å². The molecule has 1 aliphatic rings. The van der Waals surface area contributed by atoms with Gasteiger partial charge in [0.25, 0.3) is 5.91 Å². The number of para-hydroxylation sites is 1. The molecule has 2 aromatic rings. The van der Waals surface area contributed by atoms with Crippen molar-refractivity contribution in [3.63, 3.8) is 0 Å². The average molecular weight is 321 g/mol. The molecule has 4 heteroatoms. The summed E-state index contributed by atoms with van der Waals surface area (Å²) in [5.74, 6) is 0.473. The maximum Gasteiger partial charge on any atom is 0.251 e. The molecule has 0 aliphatic carbocycles. The average Bonchev–Trinajstić information content (AvgIpc) is 2.59. The number of carbonyl (C=O) groups is 1. The lowest BCUT2D eigenvalue weighted by molar-refractivity contribution is -0.114. The minimum Gasteiger partial charge on any atom is -0.309 e. The first-order chi connectivity index (χ1) is 11.6. The third-order valence-corrected chi connectivity index (χ3v) is 4.22. The van der Waals surface area contributed by atoms with E-state index in [1.54, 1.807) is 18.5 Å². The van der Waals surface area contributed by atoms with E-state index in [4.69, 9.17) is 0 Å². The summed E-state index contributed by atoms with van der Waals surface area (Å²) in [5, 5.41) is 0. The van der Waals surface area contributed by atoms with Crippen molar-refractivity contribution in [2.75, 3.05) is 32.1 Å². The number of aromatic nitrogens is 1. The predicted molar refractivity (Wildman–Crippen MR) is 97.8 cm³/mol. The summed E-state index contributed by atoms with van der Waals surface area (Å²) in [5.41, 5.74) is 3.22. The molecule has 1 atom stereocenters. The first-order valence-corrected chi connectivity index (χ1v) is 8.25. The Morgan fingerprint density at radius 2 is 2.12 bits per heavy atom. The highest BCUT2D eigenvalue weighted by Crippen LogP contribution is 2.30. The molecule has 0 saturated carbocycles. The van der Waals surface area contributed by atoms with Crippen LogP contribution in [0.4, 0.5) is 5.69 Å². The van der Waals surface area contributed by atoms with Crippen LogP contribution in [-0.2, 0) is 11.2 Å². The van der Waals surface area contributed by atoms with Crippen molar-refractivity contribution in [3.05, 3.63) is 66.0 Å². The topological polar surface area (TPSA) is 36.4 Å². The Bertz CT molecular complexity index is 725. The van der Waals surface area contributed by atoms with Crippen LogP contribution in [0.25, 0.3) is 6.08 Å². The lowest BCUT2D eigenvalue weighted by Crippen LogP contribution is -2.42. The molecule has 3 rings (SSSR count). The number of hydrogen-bond donors (Lipinski definition) is 0. The number of fused-ring (bicyclic) bond motifs is 1. The quantitative estimate of drug-likeness (QED) is 0.813. The van der Waals surface area contributed by atoms with Crippen molar-refractivity contribution in [1.82, 2.24) is 9.88 Å². The zero-order chi connectivity index (χ0) is 16.9. The second-order valence-corrected chi connectivity index (χ2v) is 6.53. The van der Waals surface area contributed by atoms with Gasteiger partial charge in [-0.2, -0.15) is 0 Å². The molecule has 1 aromatic heterocycles. The molecule has 1 aliphatic heterocycles. The van der Waals surface area contributed by atoms with Crippen LogP contribution < -0.4 is 4.90 Å². The summed E-state index contributed by atoms with van der Waals surface area (Å²) in [4.78, 5) is 20.9. The van der Waals surface area contributed by atoms with E-state index in [1.165, 1.54) is 5.56 Å². The molecular formula is C20H23N3O. The normalized spacial score (nSPS) is 17.3. The second-order valence-electron chi connectivity index (χ2n) is 6.53. The number of anilines is 1. The van der Waals surface area contributed by atoms with Gasteiger partial charge in [-0.1, -0.05) is 24.3 Å². The Morgan fingerprint density at radius 1 is 1.29 bits per heavy atom. The van der Waals surface area contributed by atoms with E-state index in [2.05, 4.69) is 30.0 Å². The van der Waals surface area contributed by atoms with Crippen LogP contribution in [0, 0.1) is 5.92 Å². The van der Waals surface area contributed by atoms with E-state index in [0.29, 0.717) is 5.92 Å². The van der Waals surface area contributed by atoms with Crippen molar-refractivity contribution in [2.45, 2.75) is 6.42 Å². The number of benzene rings is 1. The van der Waals surface area contributed by atoms with Gasteiger partial charge in [0.1, 0.15) is 0 Å². The highest BCUT2D eigenvalue weighted by molar-refractivity contribution is 6.04. The number of carbonyl (C=O) groups excluding carboxylic acids is 1. The molecule has 24 heavy (non-hydrogen) atoms. The van der Waals surface area contributed by atoms with Crippen LogP contribution in [0.2, 0.25) is 0 Å². The fraction of sp³-hybridized carbons (Fsp3) is 0.300. The molecule has 0 bridgehead atoms. The maximum atomic E-state index is 12.8. The SMILES string of the molecule is CN(C)CC1Cc2ccccc2N(C(=O)C=Cc2cccnc2)C1. The van der Waals surface area contributed by atoms with Crippen LogP contribution in [0.5, 0.6) is 0 Å². The van der Waals surface area contributed by atoms with Crippen LogP contribution in [0.3, 0.4) is 0 Å². The van der Waals surface area contributed by atoms with E-state index in [1.807, 2.05) is 41.3 Å². The molecule has 1 aromatic carbocycles. The summed E-state index contributed by atoms with van der Waals surface area (Å²) < 4.78 is 0. The first kappa shape index (κ1) is 16.4. The van der Waals surface area contributed by atoms with Gasteiger partial charge in [-0.15, -0.1) is 0 Å². The molecule has 0 saturated heterocycles. The van der Waals surface area contributed by atoms with Gasteiger partial charge in [-0.3, -0.25) is 9.78 Å². The fourth-order valence-corrected chi connectivity index (χ4v) is 3.26. The van der Waals surface area contributed by atoms with Gasteiger partial charge in [0.2, 0.25) is 0 Å². The van der Waals surface area contributed by atoms with E-state index in [-0.39, 0.29) is 5.91 Å². The van der Waals surface area contributed by atoms with Crippen LogP contribution in [0.15, 0.2) is 54.9 Å². The molecule has 0 spiro atoms. The Labute approximate surface area is 143 Å². The molecule has 2 heterocycles. The molecule has 0 N–H and O–H groups in total. The lowest BCUT2D eigenvalue weighted by Gasteiger charge is -2.35. The number of amides is 1. The number of rotatable bonds is 4.